The number of halogens is 1. The quantitative estimate of drug-likeness (QED) is 0.910. The van der Waals surface area contributed by atoms with Gasteiger partial charge in [0.25, 0.3) is 5.89 Å². The van der Waals surface area contributed by atoms with Crippen molar-refractivity contribution in [3.05, 3.63) is 21.8 Å². The Morgan fingerprint density at radius 3 is 2.94 bits per heavy atom. The maximum absolute atomic E-state index is 10.6. The zero-order chi connectivity index (χ0) is 13.1. The van der Waals surface area contributed by atoms with Gasteiger partial charge in [-0.3, -0.25) is 4.79 Å². The Morgan fingerprint density at radius 1 is 1.56 bits per heavy atom. The number of rotatable bonds is 5. The second-order valence-corrected chi connectivity index (χ2v) is 6.47. The molecule has 1 unspecified atom stereocenters. The minimum absolute atomic E-state index is 0.0223. The molecule has 18 heavy (non-hydrogen) atoms. The Morgan fingerprint density at radius 2 is 2.33 bits per heavy atom. The summed E-state index contributed by atoms with van der Waals surface area (Å²) in [5.41, 5.74) is 0. The summed E-state index contributed by atoms with van der Waals surface area (Å²) in [4.78, 5) is 11.5. The topological polar surface area (TPSA) is 76.2 Å². The van der Waals surface area contributed by atoms with E-state index >= 15 is 0 Å². The van der Waals surface area contributed by atoms with Gasteiger partial charge in [-0.25, -0.2) is 0 Å². The van der Waals surface area contributed by atoms with Crippen molar-refractivity contribution in [3.63, 3.8) is 0 Å². The van der Waals surface area contributed by atoms with Crippen molar-refractivity contribution >= 4 is 33.2 Å². The summed E-state index contributed by atoms with van der Waals surface area (Å²) in [6, 6.07) is 3.81. The molecular weight excluding hydrogens is 320 g/mol. The lowest BCUT2D eigenvalue weighted by molar-refractivity contribution is -0.137. The van der Waals surface area contributed by atoms with Crippen LogP contribution in [0.25, 0.3) is 10.8 Å². The summed E-state index contributed by atoms with van der Waals surface area (Å²) in [5.74, 6) is 0.113. The molecule has 7 heteroatoms. The number of thiophene rings is 1. The third-order valence-corrected chi connectivity index (χ3v) is 3.91. The highest BCUT2D eigenvalue weighted by atomic mass is 79.9. The summed E-state index contributed by atoms with van der Waals surface area (Å²) < 4.78 is 6.51. The fraction of sp³-hybridized carbons (Fsp3) is 0.364. The van der Waals surface area contributed by atoms with Gasteiger partial charge in [0.1, 0.15) is 0 Å². The number of carbonyl (C=O) groups is 1. The molecule has 0 radical (unpaired) electrons. The fourth-order valence-electron chi connectivity index (χ4n) is 1.53. The molecular formula is C11H11BrN2O3S. The molecule has 0 aliphatic heterocycles. The molecule has 0 bridgehead atoms. The predicted octanol–water partition coefficient (Wildman–Crippen LogP) is 3.21. The van der Waals surface area contributed by atoms with E-state index in [2.05, 4.69) is 26.1 Å². The summed E-state index contributed by atoms with van der Waals surface area (Å²) in [7, 11) is 0. The van der Waals surface area contributed by atoms with Crippen LogP contribution in [0.3, 0.4) is 0 Å². The number of carboxylic acids is 1. The molecule has 0 saturated heterocycles. The van der Waals surface area contributed by atoms with E-state index in [-0.39, 0.29) is 12.3 Å². The number of hydrogen-bond donors (Lipinski definition) is 1. The predicted molar refractivity (Wildman–Crippen MR) is 70.4 cm³/mol. The lowest BCUT2D eigenvalue weighted by atomic mass is 10.0. The van der Waals surface area contributed by atoms with E-state index in [1.807, 2.05) is 19.1 Å². The molecule has 2 heterocycles. The molecule has 1 N–H and O–H groups in total. The third-order valence-electron chi connectivity index (χ3n) is 2.30. The van der Waals surface area contributed by atoms with Crippen LogP contribution in [0.2, 0.25) is 0 Å². The normalized spacial score (nSPS) is 12.6. The molecule has 2 rings (SSSR count). The second-order valence-electron chi connectivity index (χ2n) is 4.01. The van der Waals surface area contributed by atoms with Crippen LogP contribution in [0.4, 0.5) is 0 Å². The summed E-state index contributed by atoms with van der Waals surface area (Å²) in [6.07, 6.45) is 0.577. The van der Waals surface area contributed by atoms with Crippen LogP contribution < -0.4 is 0 Å². The lowest BCUT2D eigenvalue weighted by Gasteiger charge is -2.03. The molecule has 0 aromatic carbocycles. The van der Waals surface area contributed by atoms with E-state index in [1.165, 1.54) is 11.3 Å². The SMILES string of the molecule is CC(CC(=O)O)Cc1nnc(-c2ccc(Br)s2)o1. The molecule has 0 aliphatic carbocycles. The van der Waals surface area contributed by atoms with Crippen molar-refractivity contribution < 1.29 is 14.3 Å². The van der Waals surface area contributed by atoms with Crippen molar-refractivity contribution in [2.24, 2.45) is 5.92 Å². The first kappa shape index (κ1) is 13.2. The van der Waals surface area contributed by atoms with Gasteiger partial charge < -0.3 is 9.52 Å². The Kier molecular flexibility index (Phi) is 4.13. The first-order chi connectivity index (χ1) is 8.54. The van der Waals surface area contributed by atoms with Crippen molar-refractivity contribution in [3.8, 4) is 10.8 Å². The minimum atomic E-state index is -0.815. The number of aliphatic carboxylic acids is 1. The average Bonchev–Trinajstić information content (AvgIpc) is 2.85. The van der Waals surface area contributed by atoms with E-state index in [0.29, 0.717) is 18.2 Å². The highest BCUT2D eigenvalue weighted by Crippen LogP contribution is 2.30. The molecule has 0 saturated carbocycles. The van der Waals surface area contributed by atoms with Crippen molar-refractivity contribution in [1.82, 2.24) is 10.2 Å². The van der Waals surface area contributed by atoms with Crippen LogP contribution in [-0.2, 0) is 11.2 Å². The summed E-state index contributed by atoms with van der Waals surface area (Å²) in [5, 5.41) is 16.6. The number of nitrogens with zero attached hydrogens (tertiary/aromatic N) is 2. The van der Waals surface area contributed by atoms with Gasteiger partial charge in [0.15, 0.2) is 0 Å². The van der Waals surface area contributed by atoms with Crippen molar-refractivity contribution in [1.29, 1.82) is 0 Å². The van der Waals surface area contributed by atoms with Gasteiger partial charge in [-0.15, -0.1) is 21.5 Å². The van der Waals surface area contributed by atoms with Crippen LogP contribution in [0.1, 0.15) is 19.2 Å². The molecule has 96 valence electrons. The van der Waals surface area contributed by atoms with E-state index in [9.17, 15) is 4.79 Å². The van der Waals surface area contributed by atoms with E-state index in [4.69, 9.17) is 9.52 Å². The number of aromatic nitrogens is 2. The zero-order valence-corrected chi connectivity index (χ0v) is 12.0. The van der Waals surface area contributed by atoms with Gasteiger partial charge in [0.05, 0.1) is 8.66 Å². The van der Waals surface area contributed by atoms with Crippen LogP contribution >= 0.6 is 27.3 Å². The zero-order valence-electron chi connectivity index (χ0n) is 9.59. The fourth-order valence-corrected chi connectivity index (χ4v) is 2.84. The van der Waals surface area contributed by atoms with E-state index in [0.717, 1.165) is 8.66 Å². The molecule has 2 aromatic rings. The molecule has 2 aromatic heterocycles. The molecule has 1 atom stereocenters. The first-order valence-corrected chi connectivity index (χ1v) is 6.95. The number of carboxylic acid groups (broad SMARTS) is 1. The molecule has 0 spiro atoms. The van der Waals surface area contributed by atoms with Crippen LogP contribution in [0.5, 0.6) is 0 Å². The van der Waals surface area contributed by atoms with Gasteiger partial charge in [-0.05, 0) is 34.0 Å². The van der Waals surface area contributed by atoms with Crippen LogP contribution in [-0.4, -0.2) is 21.3 Å². The highest BCUT2D eigenvalue weighted by molar-refractivity contribution is 9.11. The van der Waals surface area contributed by atoms with E-state index in [1.54, 1.807) is 0 Å². The van der Waals surface area contributed by atoms with Crippen LogP contribution in [0, 0.1) is 5.92 Å². The van der Waals surface area contributed by atoms with Gasteiger partial charge in [-0.1, -0.05) is 6.92 Å². The van der Waals surface area contributed by atoms with Crippen molar-refractivity contribution in [2.45, 2.75) is 19.8 Å². The van der Waals surface area contributed by atoms with Gasteiger partial charge in [0.2, 0.25) is 5.89 Å². The standard InChI is InChI=1S/C11H11BrN2O3S/c1-6(5-10(15)16)4-9-13-14-11(17-9)7-2-3-8(12)18-7/h2-3,6H,4-5H2,1H3,(H,15,16). The second kappa shape index (κ2) is 5.62. The summed E-state index contributed by atoms with van der Waals surface area (Å²) in [6.45, 7) is 1.85. The maximum Gasteiger partial charge on any atom is 0.303 e. The smallest absolute Gasteiger partial charge is 0.303 e. The first-order valence-electron chi connectivity index (χ1n) is 5.34. The lowest BCUT2D eigenvalue weighted by Crippen LogP contribution is -2.07. The Balaban J connectivity index is 2.04. The highest BCUT2D eigenvalue weighted by Gasteiger charge is 2.15. The largest absolute Gasteiger partial charge is 0.481 e. The third kappa shape index (κ3) is 3.39. The Labute approximate surface area is 116 Å². The summed E-state index contributed by atoms with van der Waals surface area (Å²) >= 11 is 4.88. The molecule has 0 aliphatic rings. The molecule has 0 fully saturated rings. The van der Waals surface area contributed by atoms with E-state index < -0.39 is 5.97 Å². The van der Waals surface area contributed by atoms with Gasteiger partial charge >= 0.3 is 5.97 Å². The molecule has 0 amide bonds. The van der Waals surface area contributed by atoms with Gasteiger partial charge in [-0.2, -0.15) is 0 Å². The average molecular weight is 331 g/mol. The number of hydrogen-bond acceptors (Lipinski definition) is 5. The van der Waals surface area contributed by atoms with Gasteiger partial charge in [0, 0.05) is 12.8 Å². The molecule has 5 nitrogen and oxygen atoms in total. The monoisotopic (exact) mass is 330 g/mol. The maximum atomic E-state index is 10.6. The van der Waals surface area contributed by atoms with Crippen molar-refractivity contribution in [2.75, 3.05) is 0 Å². The Bertz CT molecular complexity index is 552. The van der Waals surface area contributed by atoms with Crippen LogP contribution in [0.15, 0.2) is 20.3 Å². The minimum Gasteiger partial charge on any atom is -0.481 e. The Hall–Kier alpha value is -1.21.